The van der Waals surface area contributed by atoms with Crippen molar-refractivity contribution < 1.29 is 17.7 Å². The fourth-order valence-corrected chi connectivity index (χ4v) is 6.32. The number of aromatic nitrogens is 2. The molecule has 0 unspecified atom stereocenters. The Bertz CT molecular complexity index is 1090. The minimum absolute atomic E-state index is 0.0458. The van der Waals surface area contributed by atoms with Gasteiger partial charge in [-0.3, -0.25) is 9.78 Å². The summed E-state index contributed by atoms with van der Waals surface area (Å²) >= 11 is 1.35. The van der Waals surface area contributed by atoms with Gasteiger partial charge in [0, 0.05) is 48.9 Å². The number of amides is 1. The van der Waals surface area contributed by atoms with Crippen LogP contribution in [-0.2, 0) is 21.4 Å². The molecule has 1 aliphatic rings. The highest BCUT2D eigenvalue weighted by Crippen LogP contribution is 2.35. The van der Waals surface area contributed by atoms with Crippen molar-refractivity contribution in [2.75, 3.05) is 6.54 Å². The first-order valence-electron chi connectivity index (χ1n) is 9.13. The van der Waals surface area contributed by atoms with Gasteiger partial charge in [0.2, 0.25) is 15.9 Å². The van der Waals surface area contributed by atoms with Gasteiger partial charge in [-0.25, -0.2) is 8.42 Å². The van der Waals surface area contributed by atoms with E-state index in [1.165, 1.54) is 21.8 Å². The Morgan fingerprint density at radius 2 is 2.07 bits per heavy atom. The number of carbonyl (C=O) groups excluding carboxylic acids is 1. The zero-order valence-electron chi connectivity index (χ0n) is 15.7. The van der Waals surface area contributed by atoms with Gasteiger partial charge in [-0.05, 0) is 37.1 Å². The molecule has 1 atom stereocenters. The number of sulfonamides is 1. The van der Waals surface area contributed by atoms with Gasteiger partial charge < -0.3 is 9.84 Å². The molecule has 0 aliphatic carbocycles. The summed E-state index contributed by atoms with van der Waals surface area (Å²) in [6.45, 7) is 2.19. The standard InChI is InChI=1S/C19H20N4O4S2/c1-13-18(10-17(28-13)16-6-9-21-27-16)29(25,26)23(11-14-4-7-20-8-5-14)12-15-2-3-19(24)22-15/h4-10,15H,2-3,11-12H2,1H3,(H,22,24)/t15-/m0/s1. The molecule has 10 heteroatoms. The Labute approximate surface area is 172 Å². The van der Waals surface area contributed by atoms with Crippen molar-refractivity contribution in [1.82, 2.24) is 19.8 Å². The third kappa shape index (κ3) is 4.24. The number of nitrogens with one attached hydrogen (secondary N) is 1. The first kappa shape index (κ1) is 19.7. The summed E-state index contributed by atoms with van der Waals surface area (Å²) in [5.41, 5.74) is 0.830. The van der Waals surface area contributed by atoms with Gasteiger partial charge in [-0.1, -0.05) is 5.16 Å². The first-order chi connectivity index (χ1) is 13.9. The average molecular weight is 433 g/mol. The van der Waals surface area contributed by atoms with Crippen LogP contribution >= 0.6 is 11.3 Å². The second kappa shape index (κ2) is 8.05. The number of pyridine rings is 1. The molecule has 4 rings (SSSR count). The molecule has 3 aromatic rings. The Morgan fingerprint density at radius 1 is 1.28 bits per heavy atom. The third-order valence-electron chi connectivity index (χ3n) is 4.79. The quantitative estimate of drug-likeness (QED) is 0.615. The average Bonchev–Trinajstić information content (AvgIpc) is 3.43. The van der Waals surface area contributed by atoms with Crippen LogP contribution in [0.1, 0.15) is 23.3 Å². The van der Waals surface area contributed by atoms with E-state index in [1.54, 1.807) is 43.6 Å². The minimum Gasteiger partial charge on any atom is -0.355 e. The van der Waals surface area contributed by atoms with Gasteiger partial charge in [0.1, 0.15) is 0 Å². The number of thiophene rings is 1. The zero-order valence-corrected chi connectivity index (χ0v) is 17.4. The summed E-state index contributed by atoms with van der Waals surface area (Å²) < 4.78 is 33.7. The topological polar surface area (TPSA) is 105 Å². The lowest BCUT2D eigenvalue weighted by molar-refractivity contribution is -0.119. The maximum absolute atomic E-state index is 13.6. The Kier molecular flexibility index (Phi) is 5.48. The van der Waals surface area contributed by atoms with Gasteiger partial charge in [0.25, 0.3) is 0 Å². The molecule has 8 nitrogen and oxygen atoms in total. The van der Waals surface area contributed by atoms with Crippen molar-refractivity contribution in [3.05, 3.63) is 53.3 Å². The summed E-state index contributed by atoms with van der Waals surface area (Å²) in [4.78, 5) is 17.2. The molecule has 0 radical (unpaired) electrons. The van der Waals surface area contributed by atoms with Gasteiger partial charge in [-0.2, -0.15) is 4.31 Å². The molecule has 0 aromatic carbocycles. The molecule has 0 spiro atoms. The number of rotatable bonds is 7. The Morgan fingerprint density at radius 3 is 2.72 bits per heavy atom. The normalized spacial score (nSPS) is 17.0. The largest absolute Gasteiger partial charge is 0.355 e. The summed E-state index contributed by atoms with van der Waals surface area (Å²) in [5, 5.41) is 6.55. The summed E-state index contributed by atoms with van der Waals surface area (Å²) in [7, 11) is -3.80. The maximum atomic E-state index is 13.6. The number of hydrogen-bond donors (Lipinski definition) is 1. The van der Waals surface area contributed by atoms with E-state index in [4.69, 9.17) is 4.52 Å². The van der Waals surface area contributed by atoms with Crippen molar-refractivity contribution in [3.8, 4) is 10.6 Å². The van der Waals surface area contributed by atoms with Gasteiger partial charge >= 0.3 is 0 Å². The van der Waals surface area contributed by atoms with Crippen LogP contribution in [0.2, 0.25) is 0 Å². The predicted molar refractivity (Wildman–Crippen MR) is 108 cm³/mol. The molecule has 1 fully saturated rings. The third-order valence-corrected chi connectivity index (χ3v) is 7.92. The van der Waals surface area contributed by atoms with E-state index in [0.29, 0.717) is 28.4 Å². The second-order valence-electron chi connectivity index (χ2n) is 6.86. The first-order valence-corrected chi connectivity index (χ1v) is 11.4. The SMILES string of the molecule is Cc1sc(-c2ccno2)cc1S(=O)(=O)N(Cc1ccncc1)C[C@@H]1CCC(=O)N1. The smallest absolute Gasteiger partial charge is 0.244 e. The molecule has 1 saturated heterocycles. The molecule has 0 saturated carbocycles. The lowest BCUT2D eigenvalue weighted by atomic mass is 10.2. The van der Waals surface area contributed by atoms with E-state index in [2.05, 4.69) is 15.5 Å². The van der Waals surface area contributed by atoms with Crippen LogP contribution in [0, 0.1) is 6.92 Å². The van der Waals surface area contributed by atoms with Gasteiger partial charge in [-0.15, -0.1) is 11.3 Å². The van der Waals surface area contributed by atoms with E-state index < -0.39 is 10.0 Å². The summed E-state index contributed by atoms with van der Waals surface area (Å²) in [6, 6.07) is 6.70. The molecular formula is C19H20N4O4S2. The van der Waals surface area contributed by atoms with Crippen LogP contribution in [0.4, 0.5) is 0 Å². The molecule has 29 heavy (non-hydrogen) atoms. The highest BCUT2D eigenvalue weighted by atomic mass is 32.2. The van der Waals surface area contributed by atoms with E-state index in [0.717, 1.165) is 5.56 Å². The van der Waals surface area contributed by atoms with Gasteiger partial charge in [0.05, 0.1) is 16.0 Å². The lowest BCUT2D eigenvalue weighted by Gasteiger charge is -2.25. The summed E-state index contributed by atoms with van der Waals surface area (Å²) in [6.07, 6.45) is 5.83. The Balaban J connectivity index is 1.67. The molecule has 1 aliphatic heterocycles. The highest BCUT2D eigenvalue weighted by molar-refractivity contribution is 7.89. The molecule has 0 bridgehead atoms. The zero-order chi connectivity index (χ0) is 20.4. The van der Waals surface area contributed by atoms with Crippen LogP contribution < -0.4 is 5.32 Å². The number of carbonyl (C=O) groups is 1. The molecule has 4 heterocycles. The van der Waals surface area contributed by atoms with Crippen LogP contribution in [-0.4, -0.2) is 41.4 Å². The molecular weight excluding hydrogens is 412 g/mol. The van der Waals surface area contributed by atoms with Gasteiger partial charge in [0.15, 0.2) is 5.76 Å². The Hall–Kier alpha value is -2.56. The van der Waals surface area contributed by atoms with Crippen molar-refractivity contribution in [2.45, 2.75) is 37.2 Å². The van der Waals surface area contributed by atoms with Crippen molar-refractivity contribution in [1.29, 1.82) is 0 Å². The van der Waals surface area contributed by atoms with E-state index in [9.17, 15) is 13.2 Å². The fourth-order valence-electron chi connectivity index (χ4n) is 3.32. The fraction of sp³-hybridized carbons (Fsp3) is 0.316. The summed E-state index contributed by atoms with van der Waals surface area (Å²) in [5.74, 6) is 0.485. The maximum Gasteiger partial charge on any atom is 0.244 e. The second-order valence-corrected chi connectivity index (χ2v) is 10.0. The minimum atomic E-state index is -3.80. The van der Waals surface area contributed by atoms with Crippen LogP contribution in [0.3, 0.4) is 0 Å². The van der Waals surface area contributed by atoms with Crippen molar-refractivity contribution >= 4 is 27.3 Å². The predicted octanol–water partition coefficient (Wildman–Crippen LogP) is 2.58. The molecule has 1 amide bonds. The lowest BCUT2D eigenvalue weighted by Crippen LogP contribution is -2.41. The van der Waals surface area contributed by atoms with E-state index in [-0.39, 0.29) is 29.9 Å². The molecule has 1 N–H and O–H groups in total. The highest BCUT2D eigenvalue weighted by Gasteiger charge is 2.32. The van der Waals surface area contributed by atoms with E-state index in [1.807, 2.05) is 0 Å². The molecule has 3 aromatic heterocycles. The van der Waals surface area contributed by atoms with E-state index >= 15 is 0 Å². The van der Waals surface area contributed by atoms with Crippen molar-refractivity contribution in [2.24, 2.45) is 0 Å². The monoisotopic (exact) mass is 432 g/mol. The number of hydrogen-bond acceptors (Lipinski definition) is 7. The van der Waals surface area contributed by atoms with Crippen LogP contribution in [0.15, 0.2) is 52.3 Å². The van der Waals surface area contributed by atoms with Crippen LogP contribution in [0.5, 0.6) is 0 Å². The number of nitrogens with zero attached hydrogens (tertiary/aromatic N) is 3. The van der Waals surface area contributed by atoms with Crippen LogP contribution in [0.25, 0.3) is 10.6 Å². The van der Waals surface area contributed by atoms with Crippen molar-refractivity contribution in [3.63, 3.8) is 0 Å². The number of aryl methyl sites for hydroxylation is 1. The molecule has 152 valence electrons.